The smallest absolute Gasteiger partial charge is 0.271 e. The van der Waals surface area contributed by atoms with Crippen LogP contribution in [0.1, 0.15) is 24.2 Å². The van der Waals surface area contributed by atoms with Crippen molar-refractivity contribution in [3.05, 3.63) is 63.2 Å². The summed E-state index contributed by atoms with van der Waals surface area (Å²) in [5, 5.41) is 13.4. The maximum absolute atomic E-state index is 12.6. The Morgan fingerprint density at radius 2 is 1.89 bits per heavy atom. The zero-order valence-electron chi connectivity index (χ0n) is 14.8. The third-order valence-electron chi connectivity index (χ3n) is 3.90. The highest BCUT2D eigenvalue weighted by Gasteiger charge is 2.25. The molecule has 0 aliphatic rings. The van der Waals surface area contributed by atoms with Crippen molar-refractivity contribution in [2.24, 2.45) is 0 Å². The minimum atomic E-state index is -3.80. The van der Waals surface area contributed by atoms with Crippen molar-refractivity contribution in [2.45, 2.75) is 24.8 Å². The van der Waals surface area contributed by atoms with Crippen LogP contribution in [-0.2, 0) is 10.0 Å². The van der Waals surface area contributed by atoms with Crippen molar-refractivity contribution in [1.29, 1.82) is 0 Å². The molecule has 144 valence electrons. The van der Waals surface area contributed by atoms with Gasteiger partial charge in [-0.25, -0.2) is 8.42 Å². The van der Waals surface area contributed by atoms with Gasteiger partial charge in [-0.15, -0.1) is 0 Å². The molecule has 0 unspecified atom stereocenters. The SMILES string of the molecule is CC(C)N(C)S(=O)(=O)c1ccc(Cl)c(C(=O)Nc2cccc([N+](=O)[O-])c2)c1. The molecule has 2 rings (SSSR count). The minimum Gasteiger partial charge on any atom is -0.322 e. The molecule has 0 radical (unpaired) electrons. The fraction of sp³-hybridized carbons (Fsp3) is 0.235. The van der Waals surface area contributed by atoms with E-state index in [2.05, 4.69) is 5.32 Å². The Kier molecular flexibility index (Phi) is 6.19. The van der Waals surface area contributed by atoms with E-state index in [1.807, 2.05) is 0 Å². The average Bonchev–Trinajstić information content (AvgIpc) is 2.61. The topological polar surface area (TPSA) is 110 Å². The second kappa shape index (κ2) is 8.03. The lowest BCUT2D eigenvalue weighted by atomic mass is 10.2. The molecule has 0 aliphatic heterocycles. The van der Waals surface area contributed by atoms with Crippen LogP contribution >= 0.6 is 11.6 Å². The van der Waals surface area contributed by atoms with Crippen LogP contribution in [0, 0.1) is 10.1 Å². The molecule has 0 aliphatic carbocycles. The molecular formula is C17H18ClN3O5S. The quantitative estimate of drug-likeness (QED) is 0.577. The van der Waals surface area contributed by atoms with Crippen molar-refractivity contribution < 1.29 is 18.1 Å². The van der Waals surface area contributed by atoms with Gasteiger partial charge in [0.05, 0.1) is 20.4 Å². The van der Waals surface area contributed by atoms with Crippen molar-refractivity contribution in [2.75, 3.05) is 12.4 Å². The molecule has 0 fully saturated rings. The van der Waals surface area contributed by atoms with Gasteiger partial charge >= 0.3 is 0 Å². The van der Waals surface area contributed by atoms with Crippen molar-refractivity contribution in [3.8, 4) is 0 Å². The fourth-order valence-corrected chi connectivity index (χ4v) is 3.78. The summed E-state index contributed by atoms with van der Waals surface area (Å²) in [4.78, 5) is 22.7. The highest BCUT2D eigenvalue weighted by Crippen LogP contribution is 2.25. The Labute approximate surface area is 162 Å². The maximum Gasteiger partial charge on any atom is 0.271 e. The van der Waals surface area contributed by atoms with E-state index in [4.69, 9.17) is 11.6 Å². The standard InChI is InChI=1S/C17H18ClN3O5S/c1-11(2)20(3)27(25,26)14-7-8-16(18)15(10-14)17(22)19-12-5-4-6-13(9-12)21(23)24/h4-11H,1-3H3,(H,19,22). The molecule has 1 amide bonds. The number of hydrogen-bond acceptors (Lipinski definition) is 5. The Hall–Kier alpha value is -2.49. The Balaban J connectivity index is 2.37. The molecule has 0 saturated carbocycles. The number of benzene rings is 2. The molecule has 27 heavy (non-hydrogen) atoms. The number of nitrogens with zero attached hydrogens (tertiary/aromatic N) is 2. The number of amides is 1. The summed E-state index contributed by atoms with van der Waals surface area (Å²) in [6.45, 7) is 3.45. The molecule has 8 nitrogen and oxygen atoms in total. The minimum absolute atomic E-state index is 0.0543. The number of nitro groups is 1. The number of hydrogen-bond donors (Lipinski definition) is 1. The molecule has 1 N–H and O–H groups in total. The van der Waals surface area contributed by atoms with Gasteiger partial charge in [-0.1, -0.05) is 17.7 Å². The first-order chi connectivity index (χ1) is 12.5. The summed E-state index contributed by atoms with van der Waals surface area (Å²) in [5.41, 5.74) is -0.0481. The summed E-state index contributed by atoms with van der Waals surface area (Å²) in [7, 11) is -2.35. The predicted molar refractivity (Wildman–Crippen MR) is 103 cm³/mol. The molecule has 2 aromatic carbocycles. The van der Waals surface area contributed by atoms with Gasteiger partial charge < -0.3 is 5.32 Å². The summed E-state index contributed by atoms with van der Waals surface area (Å²) >= 11 is 6.05. The van der Waals surface area contributed by atoms with E-state index in [-0.39, 0.29) is 32.9 Å². The number of nitrogens with one attached hydrogen (secondary N) is 1. The number of non-ortho nitro benzene ring substituents is 1. The van der Waals surface area contributed by atoms with Gasteiger partial charge in [0.2, 0.25) is 10.0 Å². The molecule has 0 aromatic heterocycles. The van der Waals surface area contributed by atoms with Gasteiger partial charge in [0.15, 0.2) is 0 Å². The van der Waals surface area contributed by atoms with Gasteiger partial charge in [0.1, 0.15) is 0 Å². The van der Waals surface area contributed by atoms with Gasteiger partial charge in [-0.3, -0.25) is 14.9 Å². The number of anilines is 1. The van der Waals surface area contributed by atoms with Crippen LogP contribution in [0.3, 0.4) is 0 Å². The van der Waals surface area contributed by atoms with E-state index in [1.165, 1.54) is 53.8 Å². The van der Waals surface area contributed by atoms with E-state index < -0.39 is 20.9 Å². The summed E-state index contributed by atoms with van der Waals surface area (Å²) in [6, 6.07) is 8.94. The summed E-state index contributed by atoms with van der Waals surface area (Å²) in [6.07, 6.45) is 0. The summed E-state index contributed by atoms with van der Waals surface area (Å²) < 4.78 is 26.4. The maximum atomic E-state index is 12.6. The normalized spacial score (nSPS) is 11.6. The van der Waals surface area contributed by atoms with Crippen LogP contribution in [-0.4, -0.2) is 36.6 Å². The van der Waals surface area contributed by atoms with E-state index >= 15 is 0 Å². The molecule has 0 spiro atoms. The van der Waals surface area contributed by atoms with Crippen LogP contribution < -0.4 is 5.32 Å². The Bertz CT molecular complexity index is 992. The number of nitro benzene ring substituents is 1. The predicted octanol–water partition coefficient (Wildman–Crippen LogP) is 3.53. The van der Waals surface area contributed by atoms with Crippen molar-refractivity contribution >= 4 is 38.9 Å². The third-order valence-corrected chi connectivity index (χ3v) is 6.26. The zero-order chi connectivity index (χ0) is 20.4. The van der Waals surface area contributed by atoms with Crippen molar-refractivity contribution in [1.82, 2.24) is 4.31 Å². The van der Waals surface area contributed by atoms with Gasteiger partial charge in [-0.05, 0) is 38.1 Å². The Morgan fingerprint density at radius 1 is 1.22 bits per heavy atom. The van der Waals surface area contributed by atoms with Crippen LogP contribution in [0.15, 0.2) is 47.4 Å². The van der Waals surface area contributed by atoms with Crippen molar-refractivity contribution in [3.63, 3.8) is 0 Å². The van der Waals surface area contributed by atoms with Crippen LogP contribution in [0.5, 0.6) is 0 Å². The van der Waals surface area contributed by atoms with Gasteiger partial charge in [0, 0.05) is 30.9 Å². The number of carbonyl (C=O) groups is 1. The zero-order valence-corrected chi connectivity index (χ0v) is 16.4. The molecule has 2 aromatic rings. The number of carbonyl (C=O) groups excluding carboxylic acids is 1. The van der Waals surface area contributed by atoms with Crippen LogP contribution in [0.2, 0.25) is 5.02 Å². The van der Waals surface area contributed by atoms with E-state index in [0.29, 0.717) is 0 Å². The second-order valence-corrected chi connectivity index (χ2v) is 8.42. The van der Waals surface area contributed by atoms with Crippen LogP contribution in [0.4, 0.5) is 11.4 Å². The molecule has 0 bridgehead atoms. The third kappa shape index (κ3) is 4.62. The largest absolute Gasteiger partial charge is 0.322 e. The average molecular weight is 412 g/mol. The van der Waals surface area contributed by atoms with Crippen LogP contribution in [0.25, 0.3) is 0 Å². The lowest BCUT2D eigenvalue weighted by molar-refractivity contribution is -0.384. The van der Waals surface area contributed by atoms with E-state index in [9.17, 15) is 23.3 Å². The summed E-state index contributed by atoms with van der Waals surface area (Å²) in [5.74, 6) is -0.676. The second-order valence-electron chi connectivity index (χ2n) is 6.02. The first kappa shape index (κ1) is 20.8. The first-order valence-electron chi connectivity index (χ1n) is 7.87. The van der Waals surface area contributed by atoms with E-state index in [1.54, 1.807) is 13.8 Å². The van der Waals surface area contributed by atoms with Gasteiger partial charge in [-0.2, -0.15) is 4.31 Å². The molecule has 0 saturated heterocycles. The van der Waals surface area contributed by atoms with E-state index in [0.717, 1.165) is 0 Å². The number of halogens is 1. The molecule has 0 atom stereocenters. The molecule has 10 heteroatoms. The highest BCUT2D eigenvalue weighted by atomic mass is 35.5. The monoisotopic (exact) mass is 411 g/mol. The molecule has 0 heterocycles. The lowest BCUT2D eigenvalue weighted by Crippen LogP contribution is -2.33. The lowest BCUT2D eigenvalue weighted by Gasteiger charge is -2.21. The number of sulfonamides is 1. The molecular weight excluding hydrogens is 394 g/mol. The highest BCUT2D eigenvalue weighted by molar-refractivity contribution is 7.89. The van der Waals surface area contributed by atoms with Gasteiger partial charge in [0.25, 0.3) is 11.6 Å². The first-order valence-corrected chi connectivity index (χ1v) is 9.69. The fourth-order valence-electron chi connectivity index (χ4n) is 2.18. The Morgan fingerprint density at radius 3 is 2.48 bits per heavy atom. The number of rotatable bonds is 6.